The van der Waals surface area contributed by atoms with Gasteiger partial charge in [0.1, 0.15) is 9.88 Å². The Bertz CT molecular complexity index is 1060. The molecule has 0 aliphatic rings. The minimum absolute atomic E-state index is 0.0387. The predicted octanol–water partition coefficient (Wildman–Crippen LogP) is 2.67. The number of carbonyl (C=O) groups is 3. The highest BCUT2D eigenvalue weighted by molar-refractivity contribution is 7.89. The zero-order valence-electron chi connectivity index (χ0n) is 17.6. The molecule has 0 saturated heterocycles. The van der Waals surface area contributed by atoms with Crippen LogP contribution in [-0.4, -0.2) is 57.4 Å². The van der Waals surface area contributed by atoms with E-state index in [4.69, 9.17) is 9.47 Å². The average molecular weight is 469 g/mol. The molecule has 0 atom stereocenters. The fraction of sp³-hybridized carbons (Fsp3) is 0.350. The maximum Gasteiger partial charge on any atom is 0.348 e. The Balaban J connectivity index is 2.28. The fourth-order valence-corrected chi connectivity index (χ4v) is 4.92. The largest absolute Gasteiger partial charge is 0.462 e. The van der Waals surface area contributed by atoms with Crippen molar-refractivity contribution in [2.45, 2.75) is 25.7 Å². The van der Waals surface area contributed by atoms with E-state index in [1.54, 1.807) is 39.0 Å². The fourth-order valence-electron chi connectivity index (χ4n) is 2.67. The summed E-state index contributed by atoms with van der Waals surface area (Å²) in [5.74, 6) is -2.00. The van der Waals surface area contributed by atoms with Crippen molar-refractivity contribution in [1.29, 1.82) is 0 Å². The van der Waals surface area contributed by atoms with Crippen molar-refractivity contribution in [3.05, 3.63) is 46.3 Å². The Morgan fingerprint density at radius 1 is 1.03 bits per heavy atom. The van der Waals surface area contributed by atoms with Gasteiger partial charge in [-0.1, -0.05) is 18.2 Å². The van der Waals surface area contributed by atoms with Gasteiger partial charge in [0.05, 0.1) is 30.2 Å². The number of benzene rings is 1. The van der Waals surface area contributed by atoms with Crippen LogP contribution in [0.15, 0.2) is 35.2 Å². The van der Waals surface area contributed by atoms with Crippen LogP contribution in [0.1, 0.15) is 39.4 Å². The molecule has 1 aromatic carbocycles. The smallest absolute Gasteiger partial charge is 0.348 e. The number of anilines is 1. The lowest BCUT2D eigenvalue weighted by molar-refractivity contribution is -0.116. The lowest BCUT2D eigenvalue weighted by Gasteiger charge is -2.16. The summed E-state index contributed by atoms with van der Waals surface area (Å²) in [7, 11) is -2.60. The summed E-state index contributed by atoms with van der Waals surface area (Å²) in [5, 5.41) is 2.62. The van der Waals surface area contributed by atoms with Gasteiger partial charge in [-0.3, -0.25) is 4.79 Å². The number of sulfonamides is 1. The maximum atomic E-state index is 12.6. The predicted molar refractivity (Wildman–Crippen MR) is 116 cm³/mol. The molecular formula is C20H24N2O7S2. The first kappa shape index (κ1) is 24.5. The normalized spacial score (nSPS) is 11.3. The van der Waals surface area contributed by atoms with Gasteiger partial charge in [0, 0.05) is 7.05 Å². The molecule has 0 spiro atoms. The molecule has 168 valence electrons. The van der Waals surface area contributed by atoms with Crippen LogP contribution in [0.5, 0.6) is 0 Å². The van der Waals surface area contributed by atoms with Gasteiger partial charge in [-0.15, -0.1) is 11.3 Å². The summed E-state index contributed by atoms with van der Waals surface area (Å²) in [6.07, 6.45) is 0. The zero-order chi connectivity index (χ0) is 23.2. The molecule has 2 aromatic rings. The van der Waals surface area contributed by atoms with Crippen LogP contribution >= 0.6 is 11.3 Å². The van der Waals surface area contributed by atoms with Gasteiger partial charge in [0.25, 0.3) is 0 Å². The standard InChI is InChI=1S/C20H24N2O7S2/c1-5-28-19(24)16-13(3)17(20(25)29-6-2)30-18(16)21-15(23)12-22(4)31(26,27)14-10-8-7-9-11-14/h7-11H,5-6,12H2,1-4H3,(H,21,23). The number of hydrogen-bond donors (Lipinski definition) is 1. The molecule has 1 amide bonds. The minimum atomic E-state index is -3.87. The third-order valence-corrected chi connectivity index (χ3v) is 7.16. The number of ether oxygens (including phenoxy) is 2. The minimum Gasteiger partial charge on any atom is -0.462 e. The first-order valence-electron chi connectivity index (χ1n) is 9.42. The van der Waals surface area contributed by atoms with Gasteiger partial charge in [-0.2, -0.15) is 4.31 Å². The summed E-state index contributed by atoms with van der Waals surface area (Å²) in [6, 6.07) is 7.70. The summed E-state index contributed by atoms with van der Waals surface area (Å²) in [5.41, 5.74) is 0.360. The lowest BCUT2D eigenvalue weighted by Crippen LogP contribution is -2.35. The summed E-state index contributed by atoms with van der Waals surface area (Å²) < 4.78 is 36.2. The quantitative estimate of drug-likeness (QED) is 0.562. The van der Waals surface area contributed by atoms with E-state index in [0.717, 1.165) is 15.6 Å². The number of nitrogens with zero attached hydrogens (tertiary/aromatic N) is 1. The first-order chi connectivity index (χ1) is 14.6. The highest BCUT2D eigenvalue weighted by Gasteiger charge is 2.28. The molecule has 2 rings (SSSR count). The van der Waals surface area contributed by atoms with Gasteiger partial charge in [-0.25, -0.2) is 18.0 Å². The van der Waals surface area contributed by atoms with Crippen molar-refractivity contribution in [2.24, 2.45) is 0 Å². The van der Waals surface area contributed by atoms with Crippen LogP contribution in [0, 0.1) is 6.92 Å². The number of hydrogen-bond acceptors (Lipinski definition) is 8. The number of rotatable bonds is 9. The van der Waals surface area contributed by atoms with E-state index in [2.05, 4.69) is 5.32 Å². The highest BCUT2D eigenvalue weighted by Crippen LogP contribution is 2.34. The lowest BCUT2D eigenvalue weighted by atomic mass is 10.1. The van der Waals surface area contributed by atoms with Gasteiger partial charge in [0.15, 0.2) is 0 Å². The molecule has 31 heavy (non-hydrogen) atoms. The molecule has 0 radical (unpaired) electrons. The zero-order valence-corrected chi connectivity index (χ0v) is 19.3. The molecule has 9 nitrogen and oxygen atoms in total. The van der Waals surface area contributed by atoms with Crippen molar-refractivity contribution >= 4 is 44.2 Å². The van der Waals surface area contributed by atoms with Gasteiger partial charge >= 0.3 is 11.9 Å². The van der Waals surface area contributed by atoms with Crippen LogP contribution < -0.4 is 5.32 Å². The van der Waals surface area contributed by atoms with Crippen molar-refractivity contribution in [1.82, 2.24) is 4.31 Å². The van der Waals surface area contributed by atoms with E-state index in [1.165, 1.54) is 19.2 Å². The van der Waals surface area contributed by atoms with Crippen molar-refractivity contribution in [3.63, 3.8) is 0 Å². The summed E-state index contributed by atoms with van der Waals surface area (Å²) in [4.78, 5) is 37.4. The summed E-state index contributed by atoms with van der Waals surface area (Å²) >= 11 is 0.872. The van der Waals surface area contributed by atoms with Gasteiger partial charge in [0.2, 0.25) is 15.9 Å². The van der Waals surface area contributed by atoms with Crippen LogP contribution in [0.2, 0.25) is 0 Å². The maximum absolute atomic E-state index is 12.6. The Kier molecular flexibility index (Phi) is 8.31. The van der Waals surface area contributed by atoms with Crippen LogP contribution in [-0.2, 0) is 24.3 Å². The van der Waals surface area contributed by atoms with Gasteiger partial charge in [-0.05, 0) is 38.5 Å². The van der Waals surface area contributed by atoms with E-state index in [1.807, 2.05) is 0 Å². The third kappa shape index (κ3) is 5.69. The van der Waals surface area contributed by atoms with Crippen molar-refractivity contribution in [2.75, 3.05) is 32.1 Å². The molecule has 0 fully saturated rings. The van der Waals surface area contributed by atoms with Crippen LogP contribution in [0.4, 0.5) is 5.00 Å². The third-order valence-electron chi connectivity index (χ3n) is 4.16. The number of nitrogens with one attached hydrogen (secondary N) is 1. The van der Waals surface area contributed by atoms with Crippen molar-refractivity contribution < 1.29 is 32.3 Å². The monoisotopic (exact) mass is 468 g/mol. The Hall–Kier alpha value is -2.76. The van der Waals surface area contributed by atoms with E-state index >= 15 is 0 Å². The number of carbonyl (C=O) groups excluding carboxylic acids is 3. The first-order valence-corrected chi connectivity index (χ1v) is 11.7. The molecule has 0 aliphatic heterocycles. The Morgan fingerprint density at radius 3 is 2.19 bits per heavy atom. The molecule has 1 aromatic heterocycles. The molecule has 0 aliphatic carbocycles. The number of esters is 2. The second kappa shape index (κ2) is 10.5. The van der Waals surface area contributed by atoms with Crippen LogP contribution in [0.3, 0.4) is 0 Å². The molecular weight excluding hydrogens is 444 g/mol. The second-order valence-corrected chi connectivity index (χ2v) is 9.39. The number of thiophene rings is 1. The summed E-state index contributed by atoms with van der Waals surface area (Å²) in [6.45, 7) is 4.59. The topological polar surface area (TPSA) is 119 Å². The number of likely N-dealkylation sites (N-methyl/N-ethyl adjacent to an activating group) is 1. The Morgan fingerprint density at radius 2 is 1.61 bits per heavy atom. The molecule has 0 unspecified atom stereocenters. The van der Waals surface area contributed by atoms with Crippen molar-refractivity contribution in [3.8, 4) is 0 Å². The van der Waals surface area contributed by atoms with E-state index in [0.29, 0.717) is 5.56 Å². The molecule has 0 bridgehead atoms. The molecule has 0 saturated carbocycles. The average Bonchev–Trinajstić information content (AvgIpc) is 3.04. The molecule has 1 N–H and O–H groups in total. The Labute approximate surface area is 185 Å². The van der Waals surface area contributed by atoms with E-state index in [9.17, 15) is 22.8 Å². The highest BCUT2D eigenvalue weighted by atomic mass is 32.2. The number of amides is 1. The second-order valence-electron chi connectivity index (χ2n) is 6.32. The molecule has 11 heteroatoms. The van der Waals surface area contributed by atoms with E-state index in [-0.39, 0.29) is 33.6 Å². The van der Waals surface area contributed by atoms with Gasteiger partial charge < -0.3 is 14.8 Å². The van der Waals surface area contributed by atoms with Crippen LogP contribution in [0.25, 0.3) is 0 Å². The van der Waals surface area contributed by atoms with E-state index < -0.39 is 34.4 Å². The molecule has 1 heterocycles. The SMILES string of the molecule is CCOC(=O)c1sc(NC(=O)CN(C)S(=O)(=O)c2ccccc2)c(C(=O)OCC)c1C.